The zero-order valence-corrected chi connectivity index (χ0v) is 40.8. The summed E-state index contributed by atoms with van der Waals surface area (Å²) >= 11 is 0. The van der Waals surface area contributed by atoms with Crippen molar-refractivity contribution in [3.05, 3.63) is 226 Å². The molecule has 14 heteroatoms. The molecule has 8 rings (SSSR count). The molecule has 0 radical (unpaired) electrons. The summed E-state index contributed by atoms with van der Waals surface area (Å²) < 4.78 is 75.8. The Morgan fingerprint density at radius 1 is 0.493 bits per heavy atom. The lowest BCUT2D eigenvalue weighted by Crippen LogP contribution is -2.65. The highest BCUT2D eigenvalue weighted by Gasteiger charge is 2.62. The molecule has 9 atom stereocenters. The van der Waals surface area contributed by atoms with Gasteiger partial charge in [0.25, 0.3) is 0 Å². The second kappa shape index (κ2) is 28.8. The molecule has 0 bridgehead atoms. The first-order valence-electron chi connectivity index (χ1n) is 24.6. The summed E-state index contributed by atoms with van der Waals surface area (Å²) in [6, 6.07) is 59.2. The molecule has 2 heterocycles. The van der Waals surface area contributed by atoms with Gasteiger partial charge < -0.3 is 52.1 Å². The van der Waals surface area contributed by atoms with Crippen molar-refractivity contribution in [2.45, 2.75) is 94.4 Å². The van der Waals surface area contributed by atoms with Gasteiger partial charge in [-0.1, -0.05) is 193 Å². The minimum absolute atomic E-state index is 0.00847. The summed E-state index contributed by atoms with van der Waals surface area (Å²) in [5.41, 5.74) is 14.7. The third-order valence-electron chi connectivity index (χ3n) is 12.3. The Morgan fingerprint density at radius 3 is 1.40 bits per heavy atom. The number of hydrogen-bond donors (Lipinski definition) is 0. The molecule has 0 aliphatic carbocycles. The maximum Gasteiger partial charge on any atom is 0.224 e. The van der Waals surface area contributed by atoms with Crippen LogP contribution in [0, 0.1) is 12.3 Å². The van der Waals surface area contributed by atoms with Crippen LogP contribution in [0.1, 0.15) is 33.4 Å². The van der Waals surface area contributed by atoms with Crippen LogP contribution in [-0.4, -0.2) is 94.4 Å². The molecule has 0 unspecified atom stereocenters. The van der Waals surface area contributed by atoms with Crippen LogP contribution in [0.3, 0.4) is 0 Å². The fourth-order valence-corrected chi connectivity index (χ4v) is 8.79. The summed E-state index contributed by atoms with van der Waals surface area (Å²) in [6.45, 7) is 1.36. The Labute approximate surface area is 427 Å². The van der Waals surface area contributed by atoms with Gasteiger partial charge in [0.1, 0.15) is 55.9 Å². The van der Waals surface area contributed by atoms with Gasteiger partial charge in [-0.3, -0.25) is 0 Å². The Hall–Kier alpha value is -6.25. The number of benzene rings is 6. The van der Waals surface area contributed by atoms with Gasteiger partial charge in [0.05, 0.1) is 59.5 Å². The van der Waals surface area contributed by atoms with E-state index in [0.29, 0.717) is 0 Å². The lowest BCUT2D eigenvalue weighted by molar-refractivity contribution is -0.398. The number of ether oxygens (including phenoxy) is 11. The largest absolute Gasteiger partial charge is 0.379 e. The van der Waals surface area contributed by atoms with Crippen LogP contribution in [0.5, 0.6) is 0 Å². The number of rotatable bonds is 29. The standard InChI is InChI=1S/C59H63N3O11/c1-2-34-63-43-52-54(67-38-47-25-13-5-14-26-47)57(70-41-50-31-19-8-20-32-50)59(72-52,44-65-36-45-21-9-3-10-22-45)73-58-56(69-40-49-29-17-7-18-30-49)55(68-39-48-27-15-6-16-28-48)53(66-37-46-23-11-4-12-24-46)51(71-58)42-64-35-33-61-62-60/h1,3-32,51-58H,33-44H2/t51-,52-,53-,54-,55+,56-,57+,58-,59+/m1/s1. The van der Waals surface area contributed by atoms with Crippen molar-refractivity contribution in [2.75, 3.05) is 39.6 Å². The van der Waals surface area contributed by atoms with Crippen LogP contribution in [-0.2, 0) is 91.7 Å². The average Bonchev–Trinajstić information content (AvgIpc) is 3.72. The Bertz CT molecular complexity index is 2560. The first-order chi connectivity index (χ1) is 36.1. The SMILES string of the molecule is C#CCOC[C@H]1O[C@@](COCc2ccccc2)(O[C@H]2O[C@H](COCCN=[N+]=[N-])[C@@H](OCc3ccccc3)[C@H](OCc3ccccc3)[C@H]2OCc2ccccc2)[C@@H](OCc2ccccc2)[C@@H]1OCc1ccccc1. The second-order valence-electron chi connectivity index (χ2n) is 17.6. The molecular weight excluding hydrogens is 927 g/mol. The molecule has 0 saturated carbocycles. The molecule has 380 valence electrons. The summed E-state index contributed by atoms with van der Waals surface area (Å²) in [7, 11) is 0. The molecule has 2 aliphatic rings. The smallest absolute Gasteiger partial charge is 0.224 e. The Kier molecular flexibility index (Phi) is 21.0. The Balaban J connectivity index is 1.23. The van der Waals surface area contributed by atoms with Crippen molar-refractivity contribution in [1.29, 1.82) is 0 Å². The van der Waals surface area contributed by atoms with E-state index >= 15 is 0 Å². The van der Waals surface area contributed by atoms with Crippen molar-refractivity contribution in [3.8, 4) is 12.3 Å². The van der Waals surface area contributed by atoms with Crippen LogP contribution in [0.25, 0.3) is 10.4 Å². The van der Waals surface area contributed by atoms with Gasteiger partial charge in [0.15, 0.2) is 6.29 Å². The van der Waals surface area contributed by atoms with E-state index in [1.54, 1.807) is 0 Å². The van der Waals surface area contributed by atoms with Gasteiger partial charge in [-0.25, -0.2) is 0 Å². The Morgan fingerprint density at radius 2 is 0.918 bits per heavy atom. The lowest BCUT2D eigenvalue weighted by Gasteiger charge is -2.48. The van der Waals surface area contributed by atoms with Crippen molar-refractivity contribution in [2.24, 2.45) is 5.11 Å². The van der Waals surface area contributed by atoms with E-state index in [-0.39, 0.29) is 79.2 Å². The predicted molar refractivity (Wildman–Crippen MR) is 273 cm³/mol. The van der Waals surface area contributed by atoms with Crippen molar-refractivity contribution in [1.82, 2.24) is 0 Å². The topological polar surface area (TPSA) is 150 Å². The van der Waals surface area contributed by atoms with Crippen molar-refractivity contribution < 1.29 is 52.1 Å². The molecule has 0 N–H and O–H groups in total. The first kappa shape index (κ1) is 53.1. The van der Waals surface area contributed by atoms with Crippen molar-refractivity contribution in [3.63, 3.8) is 0 Å². The van der Waals surface area contributed by atoms with E-state index in [9.17, 15) is 0 Å². The number of nitrogens with zero attached hydrogens (tertiary/aromatic N) is 3. The average molecular weight is 990 g/mol. The maximum absolute atomic E-state index is 9.07. The zero-order valence-electron chi connectivity index (χ0n) is 40.8. The quantitative estimate of drug-likeness (QED) is 0.0145. The van der Waals surface area contributed by atoms with E-state index in [1.807, 2.05) is 182 Å². The summed E-state index contributed by atoms with van der Waals surface area (Å²) in [4.78, 5) is 2.91. The second-order valence-corrected chi connectivity index (χ2v) is 17.6. The summed E-state index contributed by atoms with van der Waals surface area (Å²) in [5, 5.41) is 3.70. The fraction of sp³-hybridized carbons (Fsp3) is 0.356. The van der Waals surface area contributed by atoms with E-state index in [4.69, 9.17) is 64.1 Å². The number of azide groups is 1. The third kappa shape index (κ3) is 15.9. The highest BCUT2D eigenvalue weighted by atomic mass is 16.8. The van der Waals surface area contributed by atoms with Gasteiger partial charge >= 0.3 is 0 Å². The molecule has 0 spiro atoms. The zero-order chi connectivity index (χ0) is 50.2. The molecule has 2 fully saturated rings. The van der Waals surface area contributed by atoms with E-state index < -0.39 is 54.8 Å². The predicted octanol–water partition coefficient (Wildman–Crippen LogP) is 9.94. The van der Waals surface area contributed by atoms with Gasteiger partial charge in [0, 0.05) is 11.5 Å². The lowest BCUT2D eigenvalue weighted by atomic mass is 9.97. The normalized spacial score (nSPS) is 23.6. The van der Waals surface area contributed by atoms with Gasteiger partial charge in [-0.05, 0) is 38.9 Å². The molecule has 73 heavy (non-hydrogen) atoms. The van der Waals surface area contributed by atoms with E-state index in [1.165, 1.54) is 0 Å². The summed E-state index contributed by atoms with van der Waals surface area (Å²) in [6.07, 6.45) is -1.51. The first-order valence-corrected chi connectivity index (χ1v) is 24.6. The highest BCUT2D eigenvalue weighted by molar-refractivity contribution is 5.19. The van der Waals surface area contributed by atoms with Crippen LogP contribution in [0.2, 0.25) is 0 Å². The number of terminal acetylenes is 1. The van der Waals surface area contributed by atoms with Crippen molar-refractivity contribution >= 4 is 0 Å². The van der Waals surface area contributed by atoms with Gasteiger partial charge in [-0.2, -0.15) is 0 Å². The summed E-state index contributed by atoms with van der Waals surface area (Å²) in [5.74, 6) is 0.816. The minimum Gasteiger partial charge on any atom is -0.379 e. The van der Waals surface area contributed by atoms with Crippen LogP contribution >= 0.6 is 0 Å². The maximum atomic E-state index is 9.07. The fourth-order valence-electron chi connectivity index (χ4n) is 8.79. The monoisotopic (exact) mass is 989 g/mol. The molecule has 0 aromatic heterocycles. The van der Waals surface area contributed by atoms with Crippen LogP contribution in [0.4, 0.5) is 0 Å². The molecular formula is C59H63N3O11. The molecule has 2 saturated heterocycles. The van der Waals surface area contributed by atoms with E-state index in [2.05, 4.69) is 15.9 Å². The van der Waals surface area contributed by atoms with Gasteiger partial charge in [-0.15, -0.1) is 6.42 Å². The molecule has 0 amide bonds. The van der Waals surface area contributed by atoms with E-state index in [0.717, 1.165) is 33.4 Å². The minimum atomic E-state index is -1.76. The third-order valence-corrected chi connectivity index (χ3v) is 12.3. The molecule has 2 aliphatic heterocycles. The highest BCUT2D eigenvalue weighted by Crippen LogP contribution is 2.42. The molecule has 14 nitrogen and oxygen atoms in total. The van der Waals surface area contributed by atoms with Crippen LogP contribution < -0.4 is 0 Å². The molecule has 6 aromatic rings. The molecule has 6 aromatic carbocycles. The number of hydrogen-bond acceptors (Lipinski definition) is 12. The van der Waals surface area contributed by atoms with Gasteiger partial charge in [0.2, 0.25) is 5.79 Å². The van der Waals surface area contributed by atoms with Crippen LogP contribution in [0.15, 0.2) is 187 Å².